The topological polar surface area (TPSA) is 115 Å². The molecule has 3 rings (SSSR count). The molecule has 1 aliphatic heterocycles. The quantitative estimate of drug-likeness (QED) is 0.435. The second-order valence-electron chi connectivity index (χ2n) is 6.81. The normalized spacial score (nSPS) is 14.3. The molecule has 0 spiro atoms. The minimum atomic E-state index is -0.900. The molecule has 0 saturated heterocycles. The number of hydrogen-bond donors (Lipinski definition) is 3. The number of hydrogen-bond acceptors (Lipinski definition) is 6. The Morgan fingerprint density at radius 3 is 2.52 bits per heavy atom. The number of fused-ring (bicyclic) bond motifs is 1. The number of carbonyl (C=O) groups is 3. The second kappa shape index (κ2) is 10.9. The summed E-state index contributed by atoms with van der Waals surface area (Å²) >= 11 is 0. The Hall–Kier alpha value is -3.75. The molecule has 0 bridgehead atoms. The van der Waals surface area contributed by atoms with Crippen molar-refractivity contribution in [1.29, 1.82) is 0 Å². The summed E-state index contributed by atoms with van der Waals surface area (Å²) in [6.45, 7) is 2.42. The number of nitrogens with one attached hydrogen (secondary N) is 3. The van der Waals surface area contributed by atoms with Gasteiger partial charge in [-0.25, -0.2) is 0 Å². The van der Waals surface area contributed by atoms with Gasteiger partial charge in [-0.2, -0.15) is 0 Å². The maximum atomic E-state index is 12.2. The number of unbranched alkanes of at least 4 members (excludes halogenated alkanes) is 1. The lowest BCUT2D eigenvalue weighted by atomic mass is 10.2. The van der Waals surface area contributed by atoms with Gasteiger partial charge in [0.05, 0.1) is 13.2 Å². The minimum Gasteiger partial charge on any atom is -0.494 e. The van der Waals surface area contributed by atoms with Crippen LogP contribution in [0.4, 0.5) is 0 Å². The molecule has 164 valence electrons. The molecule has 0 aromatic heterocycles. The number of benzene rings is 2. The van der Waals surface area contributed by atoms with E-state index in [1.807, 2.05) is 0 Å². The van der Waals surface area contributed by atoms with Crippen LogP contribution in [0.2, 0.25) is 0 Å². The van der Waals surface area contributed by atoms with Crippen molar-refractivity contribution < 1.29 is 28.6 Å². The molecule has 1 heterocycles. The molecule has 0 radical (unpaired) electrons. The Bertz CT molecular complexity index is 916. The fourth-order valence-electron chi connectivity index (χ4n) is 2.70. The zero-order valence-electron chi connectivity index (χ0n) is 17.2. The molecule has 2 aromatic carbocycles. The molecular weight excluding hydrogens is 402 g/mol. The Kier molecular flexibility index (Phi) is 7.69. The molecule has 9 nitrogen and oxygen atoms in total. The molecule has 0 unspecified atom stereocenters. The summed E-state index contributed by atoms with van der Waals surface area (Å²) in [5.74, 6) is 0.128. The van der Waals surface area contributed by atoms with E-state index in [4.69, 9.17) is 14.2 Å². The monoisotopic (exact) mass is 427 g/mol. The van der Waals surface area contributed by atoms with Crippen LogP contribution in [0.15, 0.2) is 48.5 Å². The van der Waals surface area contributed by atoms with E-state index in [-0.39, 0.29) is 13.2 Å². The van der Waals surface area contributed by atoms with E-state index in [9.17, 15) is 14.4 Å². The maximum absolute atomic E-state index is 12.2. The Morgan fingerprint density at radius 2 is 1.77 bits per heavy atom. The third-order valence-corrected chi connectivity index (χ3v) is 4.42. The van der Waals surface area contributed by atoms with Gasteiger partial charge in [0, 0.05) is 5.56 Å². The van der Waals surface area contributed by atoms with Crippen LogP contribution in [0.25, 0.3) is 0 Å². The highest BCUT2D eigenvalue weighted by Gasteiger charge is 2.27. The Morgan fingerprint density at radius 1 is 1.03 bits per heavy atom. The first-order valence-electron chi connectivity index (χ1n) is 10.0. The van der Waals surface area contributed by atoms with E-state index in [1.165, 1.54) is 0 Å². The number of ether oxygens (including phenoxy) is 3. The lowest BCUT2D eigenvalue weighted by molar-refractivity contribution is -0.134. The van der Waals surface area contributed by atoms with Gasteiger partial charge < -0.3 is 19.5 Å². The predicted molar refractivity (Wildman–Crippen MR) is 112 cm³/mol. The van der Waals surface area contributed by atoms with E-state index in [0.717, 1.165) is 12.8 Å². The van der Waals surface area contributed by atoms with Crippen molar-refractivity contribution in [1.82, 2.24) is 16.2 Å². The number of amides is 3. The van der Waals surface area contributed by atoms with Gasteiger partial charge in [0.25, 0.3) is 17.7 Å². The standard InChI is InChI=1S/C22H25N3O6/c1-2-3-12-29-16-10-8-15(9-11-16)21(27)23-13-20(26)24-25-22(28)19-14-30-17-6-4-5-7-18(17)31-19/h4-11,19H,2-3,12-14H2,1H3,(H,23,27)(H,24,26)(H,25,28)/t19-/m0/s1. The number of rotatable bonds is 8. The largest absolute Gasteiger partial charge is 0.494 e. The van der Waals surface area contributed by atoms with Crippen molar-refractivity contribution in [3.63, 3.8) is 0 Å². The van der Waals surface area contributed by atoms with E-state index in [0.29, 0.717) is 29.4 Å². The van der Waals surface area contributed by atoms with Crippen LogP contribution in [-0.4, -0.2) is 43.6 Å². The van der Waals surface area contributed by atoms with Crippen molar-refractivity contribution in [2.24, 2.45) is 0 Å². The fraction of sp³-hybridized carbons (Fsp3) is 0.318. The highest BCUT2D eigenvalue weighted by Crippen LogP contribution is 2.30. The number of hydrazine groups is 1. The van der Waals surface area contributed by atoms with E-state index >= 15 is 0 Å². The van der Waals surface area contributed by atoms with Gasteiger partial charge in [0.1, 0.15) is 12.4 Å². The van der Waals surface area contributed by atoms with Gasteiger partial charge in [0.2, 0.25) is 6.10 Å². The second-order valence-corrected chi connectivity index (χ2v) is 6.81. The first-order valence-corrected chi connectivity index (χ1v) is 10.0. The summed E-state index contributed by atoms with van der Waals surface area (Å²) in [7, 11) is 0. The molecule has 1 atom stereocenters. The average Bonchev–Trinajstić information content (AvgIpc) is 2.81. The van der Waals surface area contributed by atoms with E-state index in [1.54, 1.807) is 48.5 Å². The summed E-state index contributed by atoms with van der Waals surface area (Å²) < 4.78 is 16.6. The fourth-order valence-corrected chi connectivity index (χ4v) is 2.70. The van der Waals surface area contributed by atoms with Crippen LogP contribution in [0.3, 0.4) is 0 Å². The highest BCUT2D eigenvalue weighted by molar-refractivity contribution is 5.96. The summed E-state index contributed by atoms with van der Waals surface area (Å²) in [4.78, 5) is 36.3. The number of para-hydroxylation sites is 2. The highest BCUT2D eigenvalue weighted by atomic mass is 16.6. The van der Waals surface area contributed by atoms with Gasteiger partial charge in [-0.05, 0) is 42.8 Å². The van der Waals surface area contributed by atoms with Crippen LogP contribution in [0.5, 0.6) is 17.2 Å². The van der Waals surface area contributed by atoms with Crippen molar-refractivity contribution in [3.8, 4) is 17.2 Å². The van der Waals surface area contributed by atoms with E-state index < -0.39 is 23.8 Å². The lowest BCUT2D eigenvalue weighted by Crippen LogP contribution is -2.52. The summed E-state index contributed by atoms with van der Waals surface area (Å²) in [6.07, 6.45) is 1.10. The van der Waals surface area contributed by atoms with Crippen molar-refractivity contribution in [2.45, 2.75) is 25.9 Å². The third-order valence-electron chi connectivity index (χ3n) is 4.42. The van der Waals surface area contributed by atoms with Gasteiger partial charge in [0.15, 0.2) is 11.5 Å². The van der Waals surface area contributed by atoms with Crippen molar-refractivity contribution >= 4 is 17.7 Å². The van der Waals surface area contributed by atoms with E-state index in [2.05, 4.69) is 23.1 Å². The summed E-state index contributed by atoms with van der Waals surface area (Å²) in [6, 6.07) is 13.6. The predicted octanol–water partition coefficient (Wildman–Crippen LogP) is 1.58. The van der Waals surface area contributed by atoms with Crippen LogP contribution in [0.1, 0.15) is 30.1 Å². The zero-order valence-corrected chi connectivity index (χ0v) is 17.2. The van der Waals surface area contributed by atoms with Crippen molar-refractivity contribution in [2.75, 3.05) is 19.8 Å². The molecule has 3 amide bonds. The average molecular weight is 427 g/mol. The zero-order chi connectivity index (χ0) is 22.1. The van der Waals surface area contributed by atoms with Gasteiger partial charge in [-0.1, -0.05) is 25.5 Å². The Balaban J connectivity index is 1.38. The molecule has 3 N–H and O–H groups in total. The maximum Gasteiger partial charge on any atom is 0.283 e. The first kappa shape index (κ1) is 21.9. The van der Waals surface area contributed by atoms with Crippen LogP contribution >= 0.6 is 0 Å². The summed E-state index contributed by atoms with van der Waals surface area (Å²) in [5.41, 5.74) is 4.90. The molecule has 9 heteroatoms. The molecule has 0 fully saturated rings. The van der Waals surface area contributed by atoms with Gasteiger partial charge in [-0.3, -0.25) is 25.2 Å². The first-order chi connectivity index (χ1) is 15.1. The number of carbonyl (C=O) groups excluding carboxylic acids is 3. The summed E-state index contributed by atoms with van der Waals surface area (Å²) in [5, 5.41) is 2.49. The SMILES string of the molecule is CCCCOc1ccc(C(=O)NCC(=O)NNC(=O)[C@@H]2COc3ccccc3O2)cc1. The molecule has 0 aliphatic carbocycles. The third kappa shape index (κ3) is 6.36. The van der Waals surface area contributed by atoms with Crippen molar-refractivity contribution in [3.05, 3.63) is 54.1 Å². The van der Waals surface area contributed by atoms with Gasteiger partial charge >= 0.3 is 0 Å². The molecule has 1 aliphatic rings. The Labute approximate surface area is 180 Å². The van der Waals surface area contributed by atoms with Crippen LogP contribution in [-0.2, 0) is 9.59 Å². The van der Waals surface area contributed by atoms with Gasteiger partial charge in [-0.15, -0.1) is 0 Å². The molecule has 0 saturated carbocycles. The lowest BCUT2D eigenvalue weighted by Gasteiger charge is -2.25. The molecule has 31 heavy (non-hydrogen) atoms. The molecule has 2 aromatic rings. The van der Waals surface area contributed by atoms with Crippen LogP contribution in [0, 0.1) is 0 Å². The minimum absolute atomic E-state index is 0.0214. The van der Waals surface area contributed by atoms with Crippen LogP contribution < -0.4 is 30.4 Å². The molecular formula is C22H25N3O6. The smallest absolute Gasteiger partial charge is 0.283 e.